The number of ether oxygens (including phenoxy) is 2. The molecule has 1 saturated heterocycles. The predicted octanol–water partition coefficient (Wildman–Crippen LogP) is 4.74. The standard InChI is InChI=1S/C24H34F2O4S/c1-5-6-19-29-24(30-19)17(27)12-15-16(25)11-14-13-7-8-18(31-4)21(13,2)9-10-23(14,26)22(15,3)20(24)28/h12-14,16,18-20,28H,5-11H2,1-4H3/t13-,14-,16-,18+,19?,20-,21-,22+,23+,24?/m0/s1. The van der Waals surface area contributed by atoms with E-state index in [1.165, 1.54) is 6.08 Å². The Morgan fingerprint density at radius 1 is 1.23 bits per heavy atom. The number of hydrogen-bond donors (Lipinski definition) is 1. The average Bonchev–Trinajstić information content (AvgIpc) is 3.04. The van der Waals surface area contributed by atoms with Crippen LogP contribution in [0.2, 0.25) is 0 Å². The molecular formula is C24H34F2O4S. The molecule has 3 saturated carbocycles. The minimum Gasteiger partial charge on any atom is -0.386 e. The lowest BCUT2D eigenvalue weighted by Gasteiger charge is -2.65. The summed E-state index contributed by atoms with van der Waals surface area (Å²) in [5, 5.41) is 11.9. The van der Waals surface area contributed by atoms with Gasteiger partial charge in [-0.2, -0.15) is 11.8 Å². The fourth-order valence-corrected chi connectivity index (χ4v) is 9.07. The Morgan fingerprint density at radius 3 is 2.58 bits per heavy atom. The molecular weight excluding hydrogens is 422 g/mol. The van der Waals surface area contributed by atoms with Gasteiger partial charge in [0.1, 0.15) is 17.9 Å². The van der Waals surface area contributed by atoms with Crippen LogP contribution in [0.5, 0.6) is 0 Å². The number of carbonyl (C=O) groups is 1. The molecule has 0 bridgehead atoms. The zero-order valence-corrected chi connectivity index (χ0v) is 19.6. The molecule has 0 unspecified atom stereocenters. The first-order valence-electron chi connectivity index (χ1n) is 11.7. The summed E-state index contributed by atoms with van der Waals surface area (Å²) < 4.78 is 44.5. The van der Waals surface area contributed by atoms with Gasteiger partial charge in [-0.3, -0.25) is 4.79 Å². The number of hydrogen-bond acceptors (Lipinski definition) is 5. The Kier molecular flexibility index (Phi) is 5.04. The quantitative estimate of drug-likeness (QED) is 0.665. The van der Waals surface area contributed by atoms with Crippen LogP contribution in [0.4, 0.5) is 8.78 Å². The Morgan fingerprint density at radius 2 is 1.94 bits per heavy atom. The third-order valence-corrected chi connectivity index (χ3v) is 11.0. The highest BCUT2D eigenvalue weighted by molar-refractivity contribution is 7.99. The van der Waals surface area contributed by atoms with Crippen LogP contribution in [-0.4, -0.2) is 52.4 Å². The Balaban J connectivity index is 1.56. The van der Waals surface area contributed by atoms with Gasteiger partial charge in [-0.15, -0.1) is 0 Å². The van der Waals surface area contributed by atoms with Crippen molar-refractivity contribution >= 4 is 17.5 Å². The monoisotopic (exact) mass is 456 g/mol. The van der Waals surface area contributed by atoms with Crippen LogP contribution < -0.4 is 0 Å². The summed E-state index contributed by atoms with van der Waals surface area (Å²) in [6.07, 6.45) is 3.98. The predicted molar refractivity (Wildman–Crippen MR) is 115 cm³/mol. The second-order valence-corrected chi connectivity index (χ2v) is 11.8. The maximum atomic E-state index is 17.3. The van der Waals surface area contributed by atoms with Gasteiger partial charge in [-0.05, 0) is 74.7 Å². The van der Waals surface area contributed by atoms with Crippen LogP contribution in [0, 0.1) is 22.7 Å². The molecule has 0 aromatic carbocycles. The maximum absolute atomic E-state index is 17.3. The van der Waals surface area contributed by atoms with Gasteiger partial charge in [-0.25, -0.2) is 8.78 Å². The SMILES string of the molecule is CCCC1OC2(O1)C(=O)C=C1[C@@H](F)C[C@H]3[C@@H]4CC[C@@H](SC)[C@@]4(C)CC[C@]3(F)[C@@]1(C)[C@@H]2O. The molecule has 7 heteroatoms. The van der Waals surface area contributed by atoms with Crippen LogP contribution in [0.25, 0.3) is 0 Å². The topological polar surface area (TPSA) is 55.8 Å². The number of halogens is 2. The number of ketones is 1. The number of alkyl halides is 2. The van der Waals surface area contributed by atoms with E-state index in [2.05, 4.69) is 13.2 Å². The fourth-order valence-electron chi connectivity index (χ4n) is 7.87. The molecule has 0 radical (unpaired) electrons. The minimum atomic E-state index is -1.91. The lowest BCUT2D eigenvalue weighted by molar-refractivity contribution is -0.463. The molecule has 1 N–H and O–H groups in total. The van der Waals surface area contributed by atoms with Crippen LogP contribution >= 0.6 is 11.8 Å². The lowest BCUT2D eigenvalue weighted by Crippen LogP contribution is -2.77. The summed E-state index contributed by atoms with van der Waals surface area (Å²) in [5.41, 5.74) is -3.31. The van der Waals surface area contributed by atoms with Crippen LogP contribution in [0.1, 0.15) is 65.7 Å². The van der Waals surface area contributed by atoms with E-state index >= 15 is 8.78 Å². The second kappa shape index (κ2) is 7.00. The molecule has 1 heterocycles. The van der Waals surface area contributed by atoms with Crippen molar-refractivity contribution in [2.45, 2.75) is 101 Å². The zero-order valence-electron chi connectivity index (χ0n) is 18.8. The number of fused-ring (bicyclic) bond motifs is 5. The van der Waals surface area contributed by atoms with Crippen molar-refractivity contribution in [1.29, 1.82) is 0 Å². The van der Waals surface area contributed by atoms with Gasteiger partial charge in [0.15, 0.2) is 6.29 Å². The molecule has 5 aliphatic rings. The highest BCUT2D eigenvalue weighted by atomic mass is 32.2. The molecule has 8 atom stereocenters. The van der Waals surface area contributed by atoms with Gasteiger partial charge in [-0.1, -0.05) is 20.3 Å². The smallest absolute Gasteiger partial charge is 0.265 e. The zero-order chi connectivity index (χ0) is 22.4. The molecule has 4 nitrogen and oxygen atoms in total. The van der Waals surface area contributed by atoms with Crippen molar-refractivity contribution in [1.82, 2.24) is 0 Å². The van der Waals surface area contributed by atoms with Crippen molar-refractivity contribution in [2.24, 2.45) is 22.7 Å². The van der Waals surface area contributed by atoms with Crippen molar-refractivity contribution in [3.8, 4) is 0 Å². The Bertz CT molecular complexity index is 813. The van der Waals surface area contributed by atoms with Crippen LogP contribution in [0.15, 0.2) is 11.6 Å². The molecule has 1 aliphatic heterocycles. The summed E-state index contributed by atoms with van der Waals surface area (Å²) in [6, 6.07) is 0. The van der Waals surface area contributed by atoms with Crippen LogP contribution in [-0.2, 0) is 14.3 Å². The first-order chi connectivity index (χ1) is 14.6. The number of aliphatic hydroxyl groups excluding tert-OH is 1. The van der Waals surface area contributed by atoms with E-state index in [-0.39, 0.29) is 29.7 Å². The molecule has 1 spiro atoms. The van der Waals surface area contributed by atoms with E-state index in [1.54, 1.807) is 6.92 Å². The number of thioether (sulfide) groups is 1. The molecule has 0 aromatic rings. The summed E-state index contributed by atoms with van der Waals surface area (Å²) in [7, 11) is 0. The van der Waals surface area contributed by atoms with Crippen LogP contribution in [0.3, 0.4) is 0 Å². The van der Waals surface area contributed by atoms with E-state index in [0.717, 1.165) is 19.3 Å². The second-order valence-electron chi connectivity index (χ2n) is 10.8. The average molecular weight is 457 g/mol. The number of aliphatic hydroxyl groups is 1. The van der Waals surface area contributed by atoms with E-state index < -0.39 is 47.1 Å². The van der Waals surface area contributed by atoms with Gasteiger partial charge >= 0.3 is 0 Å². The highest BCUT2D eigenvalue weighted by Crippen LogP contribution is 2.70. The van der Waals surface area contributed by atoms with Gasteiger partial charge < -0.3 is 14.6 Å². The largest absolute Gasteiger partial charge is 0.386 e. The Labute approximate surface area is 187 Å². The van der Waals surface area contributed by atoms with E-state index in [4.69, 9.17) is 9.47 Å². The molecule has 0 aromatic heterocycles. The van der Waals surface area contributed by atoms with Gasteiger partial charge in [0.2, 0.25) is 5.78 Å². The summed E-state index contributed by atoms with van der Waals surface area (Å²) in [5.74, 6) is -2.94. The minimum absolute atomic E-state index is 0.0280. The van der Waals surface area contributed by atoms with E-state index in [0.29, 0.717) is 18.1 Å². The Hall–Kier alpha value is -0.500. The molecule has 5 rings (SSSR count). The maximum Gasteiger partial charge on any atom is 0.265 e. The first-order valence-corrected chi connectivity index (χ1v) is 13.0. The summed E-state index contributed by atoms with van der Waals surface area (Å²) in [6.45, 7) is 5.80. The third-order valence-electron chi connectivity index (χ3n) is 9.64. The van der Waals surface area contributed by atoms with Crippen molar-refractivity contribution in [3.05, 3.63) is 11.6 Å². The molecule has 31 heavy (non-hydrogen) atoms. The normalized spacial score (nSPS) is 55.8. The highest BCUT2D eigenvalue weighted by Gasteiger charge is 2.76. The van der Waals surface area contributed by atoms with Gasteiger partial charge in [0.25, 0.3) is 5.79 Å². The fraction of sp³-hybridized carbons (Fsp3) is 0.875. The van der Waals surface area contributed by atoms with E-state index in [9.17, 15) is 9.90 Å². The number of carbonyl (C=O) groups excluding carboxylic acids is 1. The molecule has 0 amide bonds. The summed E-state index contributed by atoms with van der Waals surface area (Å²) >= 11 is 1.83. The summed E-state index contributed by atoms with van der Waals surface area (Å²) in [4.78, 5) is 12.9. The first kappa shape index (κ1) is 22.3. The molecule has 4 aliphatic carbocycles. The van der Waals surface area contributed by atoms with Crippen molar-refractivity contribution < 1.29 is 28.2 Å². The molecule has 4 fully saturated rings. The van der Waals surface area contributed by atoms with Gasteiger partial charge in [0, 0.05) is 11.2 Å². The lowest BCUT2D eigenvalue weighted by atomic mass is 9.44. The third kappa shape index (κ3) is 2.55. The molecule has 174 valence electrons. The van der Waals surface area contributed by atoms with Crippen molar-refractivity contribution in [3.63, 3.8) is 0 Å². The van der Waals surface area contributed by atoms with Gasteiger partial charge in [0.05, 0.1) is 5.41 Å². The van der Waals surface area contributed by atoms with E-state index in [1.807, 2.05) is 18.7 Å². The number of rotatable bonds is 3. The van der Waals surface area contributed by atoms with Crippen molar-refractivity contribution in [2.75, 3.05) is 6.26 Å².